The minimum Gasteiger partial charge on any atom is -0.337 e. The number of nitrogens with two attached hydrogens (primary N) is 1. The van der Waals surface area contributed by atoms with Crippen LogP contribution in [0.3, 0.4) is 0 Å². The maximum atomic E-state index is 12.6. The second-order valence-electron chi connectivity index (χ2n) is 4.68. The molecule has 0 radical (unpaired) electrons. The first kappa shape index (κ1) is 13.4. The fraction of sp³-hybridized carbons (Fsp3) is 0.417. The van der Waals surface area contributed by atoms with E-state index >= 15 is 0 Å². The highest BCUT2D eigenvalue weighted by Gasteiger charge is 2.16. The molecule has 1 rings (SSSR count). The number of benzene rings is 1. The summed E-state index contributed by atoms with van der Waals surface area (Å²) in [4.78, 5) is 11.5. The van der Waals surface area contributed by atoms with Gasteiger partial charge in [0.2, 0.25) is 0 Å². The van der Waals surface area contributed by atoms with Crippen LogP contribution in [-0.4, -0.2) is 19.1 Å². The number of hydrogen-bond acceptors (Lipinski definition) is 2. The van der Waals surface area contributed by atoms with Crippen molar-refractivity contribution in [2.75, 3.05) is 18.4 Å². The normalized spacial score (nSPS) is 11.1. The number of carbonyl (C=O) groups is 1. The Morgan fingerprint density at radius 3 is 2.47 bits per heavy atom. The van der Waals surface area contributed by atoms with Gasteiger partial charge in [0.25, 0.3) is 0 Å². The minimum absolute atomic E-state index is 0.139. The molecule has 0 aliphatic rings. The monoisotopic (exact) mass is 239 g/mol. The highest BCUT2D eigenvalue weighted by Crippen LogP contribution is 2.11. The van der Waals surface area contributed by atoms with Crippen molar-refractivity contribution in [2.24, 2.45) is 11.1 Å². The topological polar surface area (TPSA) is 67.1 Å². The van der Waals surface area contributed by atoms with Crippen LogP contribution in [0.2, 0.25) is 0 Å². The molecule has 0 aromatic heterocycles. The molecule has 0 atom stereocenters. The summed E-state index contributed by atoms with van der Waals surface area (Å²) in [7, 11) is 0. The van der Waals surface area contributed by atoms with Crippen molar-refractivity contribution in [1.82, 2.24) is 5.32 Å². The molecule has 17 heavy (non-hydrogen) atoms. The molecule has 1 aromatic rings. The number of halogens is 1. The summed E-state index contributed by atoms with van der Waals surface area (Å²) in [5.41, 5.74) is 5.96. The molecular weight excluding hydrogens is 221 g/mol. The predicted octanol–water partition coefficient (Wildman–Crippen LogP) is 1.93. The Kier molecular flexibility index (Phi) is 4.45. The first-order chi connectivity index (χ1) is 7.93. The maximum absolute atomic E-state index is 12.6. The van der Waals surface area contributed by atoms with Crippen LogP contribution in [0.5, 0.6) is 0 Å². The molecule has 2 amide bonds. The van der Waals surface area contributed by atoms with Crippen molar-refractivity contribution in [3.63, 3.8) is 0 Å². The van der Waals surface area contributed by atoms with Crippen molar-refractivity contribution in [1.29, 1.82) is 0 Å². The van der Waals surface area contributed by atoms with E-state index in [0.717, 1.165) is 0 Å². The van der Waals surface area contributed by atoms with E-state index in [1.807, 2.05) is 13.8 Å². The number of anilines is 1. The zero-order chi connectivity index (χ0) is 12.9. The van der Waals surface area contributed by atoms with Gasteiger partial charge in [-0.15, -0.1) is 0 Å². The number of carbonyl (C=O) groups excluding carboxylic acids is 1. The second-order valence-corrected chi connectivity index (χ2v) is 4.68. The van der Waals surface area contributed by atoms with Crippen molar-refractivity contribution >= 4 is 11.7 Å². The van der Waals surface area contributed by atoms with E-state index in [2.05, 4.69) is 10.6 Å². The summed E-state index contributed by atoms with van der Waals surface area (Å²) < 4.78 is 12.6. The smallest absolute Gasteiger partial charge is 0.319 e. The Balaban J connectivity index is 2.42. The van der Waals surface area contributed by atoms with E-state index in [-0.39, 0.29) is 17.3 Å². The van der Waals surface area contributed by atoms with Gasteiger partial charge in [-0.05, 0) is 36.2 Å². The highest BCUT2D eigenvalue weighted by atomic mass is 19.1. The molecule has 4 nitrogen and oxygen atoms in total. The molecule has 0 bridgehead atoms. The van der Waals surface area contributed by atoms with Crippen LogP contribution in [0.25, 0.3) is 0 Å². The summed E-state index contributed by atoms with van der Waals surface area (Å²) in [5, 5.41) is 5.32. The SMILES string of the molecule is CC(C)(CN)CNC(=O)Nc1ccc(F)cc1. The third kappa shape index (κ3) is 4.82. The number of amides is 2. The lowest BCUT2D eigenvalue weighted by molar-refractivity contribution is 0.245. The van der Waals surface area contributed by atoms with Gasteiger partial charge in [-0.3, -0.25) is 0 Å². The van der Waals surface area contributed by atoms with Gasteiger partial charge in [-0.1, -0.05) is 13.8 Å². The molecule has 0 aliphatic carbocycles. The Labute approximate surface area is 100 Å². The Hall–Kier alpha value is -1.62. The molecule has 0 unspecified atom stereocenters. The number of urea groups is 1. The standard InChI is InChI=1S/C12H18FN3O/c1-12(2,7-14)8-15-11(17)16-10-5-3-9(13)4-6-10/h3-6H,7-8,14H2,1-2H3,(H2,15,16,17). The molecule has 0 heterocycles. The number of nitrogens with one attached hydrogen (secondary N) is 2. The van der Waals surface area contributed by atoms with Gasteiger partial charge in [0, 0.05) is 12.2 Å². The van der Waals surface area contributed by atoms with E-state index < -0.39 is 0 Å². The molecule has 5 heteroatoms. The Morgan fingerprint density at radius 1 is 1.35 bits per heavy atom. The van der Waals surface area contributed by atoms with Crippen molar-refractivity contribution in [3.8, 4) is 0 Å². The van der Waals surface area contributed by atoms with Gasteiger partial charge < -0.3 is 16.4 Å². The van der Waals surface area contributed by atoms with Gasteiger partial charge >= 0.3 is 6.03 Å². The summed E-state index contributed by atoms with van der Waals surface area (Å²) in [6.07, 6.45) is 0. The third-order valence-corrected chi connectivity index (χ3v) is 2.38. The van der Waals surface area contributed by atoms with Crippen molar-refractivity contribution in [2.45, 2.75) is 13.8 Å². The molecule has 0 aliphatic heterocycles. The molecule has 0 spiro atoms. The average molecular weight is 239 g/mol. The van der Waals surface area contributed by atoms with Crippen LogP contribution in [0.15, 0.2) is 24.3 Å². The lowest BCUT2D eigenvalue weighted by atomic mass is 9.94. The fourth-order valence-electron chi connectivity index (χ4n) is 1.10. The van der Waals surface area contributed by atoms with Crippen molar-refractivity contribution < 1.29 is 9.18 Å². The third-order valence-electron chi connectivity index (χ3n) is 2.38. The van der Waals surface area contributed by atoms with E-state index in [1.165, 1.54) is 24.3 Å². The van der Waals surface area contributed by atoms with Crippen LogP contribution < -0.4 is 16.4 Å². The molecular formula is C12H18FN3O. The van der Waals surface area contributed by atoms with E-state index in [0.29, 0.717) is 18.8 Å². The number of rotatable bonds is 4. The van der Waals surface area contributed by atoms with Crippen molar-refractivity contribution in [3.05, 3.63) is 30.1 Å². The maximum Gasteiger partial charge on any atom is 0.319 e. The van der Waals surface area contributed by atoms with Gasteiger partial charge in [-0.25, -0.2) is 9.18 Å². The second kappa shape index (κ2) is 5.63. The molecule has 4 N–H and O–H groups in total. The molecule has 94 valence electrons. The summed E-state index contributed by atoms with van der Waals surface area (Å²) in [6.45, 7) is 4.90. The summed E-state index contributed by atoms with van der Waals surface area (Å²) in [5.74, 6) is -0.333. The number of hydrogen-bond donors (Lipinski definition) is 3. The lowest BCUT2D eigenvalue weighted by Gasteiger charge is -2.22. The molecule has 1 aromatic carbocycles. The van der Waals surface area contributed by atoms with E-state index in [1.54, 1.807) is 0 Å². The zero-order valence-electron chi connectivity index (χ0n) is 10.1. The highest BCUT2D eigenvalue weighted by molar-refractivity contribution is 5.89. The van der Waals surface area contributed by atoms with Crippen LogP contribution in [0, 0.1) is 11.2 Å². The first-order valence-electron chi connectivity index (χ1n) is 5.43. The van der Waals surface area contributed by atoms with Crippen LogP contribution in [-0.2, 0) is 0 Å². The van der Waals surface area contributed by atoms with E-state index in [9.17, 15) is 9.18 Å². The molecule has 0 fully saturated rings. The quantitative estimate of drug-likeness (QED) is 0.751. The lowest BCUT2D eigenvalue weighted by Crippen LogP contribution is -2.40. The first-order valence-corrected chi connectivity index (χ1v) is 5.43. The van der Waals surface area contributed by atoms with Gasteiger partial charge in [-0.2, -0.15) is 0 Å². The summed E-state index contributed by atoms with van der Waals surface area (Å²) >= 11 is 0. The average Bonchev–Trinajstić information content (AvgIpc) is 2.30. The van der Waals surface area contributed by atoms with Crippen LogP contribution in [0.4, 0.5) is 14.9 Å². The van der Waals surface area contributed by atoms with Gasteiger partial charge in [0.05, 0.1) is 0 Å². The summed E-state index contributed by atoms with van der Waals surface area (Å²) in [6, 6.07) is 5.27. The van der Waals surface area contributed by atoms with Crippen LogP contribution >= 0.6 is 0 Å². The van der Waals surface area contributed by atoms with Gasteiger partial charge in [0.1, 0.15) is 5.82 Å². The molecule has 0 saturated heterocycles. The predicted molar refractivity (Wildman–Crippen MR) is 66.3 cm³/mol. The minimum atomic E-state index is -0.333. The zero-order valence-corrected chi connectivity index (χ0v) is 10.1. The van der Waals surface area contributed by atoms with Crippen LogP contribution in [0.1, 0.15) is 13.8 Å². The fourth-order valence-corrected chi connectivity index (χ4v) is 1.10. The largest absolute Gasteiger partial charge is 0.337 e. The van der Waals surface area contributed by atoms with Gasteiger partial charge in [0.15, 0.2) is 0 Å². The Bertz CT molecular complexity index is 376. The molecule has 0 saturated carbocycles. The Morgan fingerprint density at radius 2 is 1.94 bits per heavy atom. The van der Waals surface area contributed by atoms with E-state index in [4.69, 9.17) is 5.73 Å².